The van der Waals surface area contributed by atoms with Gasteiger partial charge in [0.1, 0.15) is 0 Å². The summed E-state index contributed by atoms with van der Waals surface area (Å²) in [6.07, 6.45) is 8.57. The van der Waals surface area contributed by atoms with Gasteiger partial charge in [-0.1, -0.05) is 36.9 Å². The molecule has 1 heterocycles. The number of rotatable bonds is 5. The summed E-state index contributed by atoms with van der Waals surface area (Å²) >= 11 is 6.31. The molecule has 1 aliphatic carbocycles. The van der Waals surface area contributed by atoms with E-state index >= 15 is 0 Å². The summed E-state index contributed by atoms with van der Waals surface area (Å²) in [6.45, 7) is 0.847. The lowest BCUT2D eigenvalue weighted by atomic mass is 9.94. The molecular weight excluding hydrogens is 360 g/mol. The van der Waals surface area contributed by atoms with E-state index in [1.165, 1.54) is 19.3 Å². The molecule has 0 spiro atoms. The number of likely N-dealkylation sites (tertiary alicyclic amines) is 1. The molecule has 138 valence electrons. The highest BCUT2D eigenvalue weighted by molar-refractivity contribution is 7.92. The molecule has 5 nitrogen and oxygen atoms in total. The van der Waals surface area contributed by atoms with Crippen LogP contribution in [0.2, 0.25) is 5.02 Å². The number of hydrogen-bond acceptors (Lipinski definition) is 3. The summed E-state index contributed by atoms with van der Waals surface area (Å²) in [5.74, 6) is 0.231. The Hall–Kier alpha value is -1.27. The van der Waals surface area contributed by atoms with E-state index in [0.29, 0.717) is 23.2 Å². The predicted octanol–water partition coefficient (Wildman–Crippen LogP) is 3.44. The molecule has 1 amide bonds. The second kappa shape index (κ2) is 7.54. The van der Waals surface area contributed by atoms with Crippen molar-refractivity contribution in [2.75, 3.05) is 17.5 Å². The zero-order valence-electron chi connectivity index (χ0n) is 14.5. The van der Waals surface area contributed by atoms with E-state index in [2.05, 4.69) is 9.62 Å². The summed E-state index contributed by atoms with van der Waals surface area (Å²) in [6, 6.07) is 5.53. The first-order chi connectivity index (χ1) is 11.8. The number of hydrogen-bond donors (Lipinski definition) is 1. The van der Waals surface area contributed by atoms with Crippen LogP contribution >= 0.6 is 11.6 Å². The Morgan fingerprint density at radius 1 is 1.20 bits per heavy atom. The fourth-order valence-corrected chi connectivity index (χ4v) is 4.78. The number of carbonyl (C=O) groups is 1. The highest BCUT2D eigenvalue weighted by atomic mass is 35.5. The lowest BCUT2D eigenvalue weighted by Crippen LogP contribution is -2.39. The standard InChI is InChI=1S/C18H25ClN2O3S/c1-25(23,24)20-15-8-7-13(17(19)12-15)11-14-9-10-21(18(14)22)16-5-3-2-4-6-16/h7-8,12,14,16,20H,2-6,9-11H2,1H3. The maximum atomic E-state index is 12.8. The van der Waals surface area contributed by atoms with Crippen LogP contribution in [0.25, 0.3) is 0 Å². The van der Waals surface area contributed by atoms with Gasteiger partial charge in [-0.15, -0.1) is 0 Å². The number of sulfonamides is 1. The molecule has 0 radical (unpaired) electrons. The molecule has 1 unspecified atom stereocenters. The summed E-state index contributed by atoms with van der Waals surface area (Å²) in [5, 5.41) is 0.498. The van der Waals surface area contributed by atoms with Crippen LogP contribution in [0.1, 0.15) is 44.1 Å². The Kier molecular flexibility index (Phi) is 5.58. The van der Waals surface area contributed by atoms with Gasteiger partial charge < -0.3 is 4.90 Å². The molecule has 2 aliphatic rings. The van der Waals surface area contributed by atoms with Crippen LogP contribution in [0.3, 0.4) is 0 Å². The predicted molar refractivity (Wildman–Crippen MR) is 100 cm³/mol. The molecule has 25 heavy (non-hydrogen) atoms. The van der Waals surface area contributed by atoms with Crippen molar-refractivity contribution < 1.29 is 13.2 Å². The van der Waals surface area contributed by atoms with Crippen molar-refractivity contribution in [2.24, 2.45) is 5.92 Å². The Labute approximate surface area is 154 Å². The molecule has 7 heteroatoms. The zero-order valence-corrected chi connectivity index (χ0v) is 16.1. The monoisotopic (exact) mass is 384 g/mol. The van der Waals surface area contributed by atoms with Gasteiger partial charge in [0.05, 0.1) is 6.26 Å². The highest BCUT2D eigenvalue weighted by Crippen LogP contribution is 2.32. The minimum absolute atomic E-state index is 0.0202. The van der Waals surface area contributed by atoms with Crippen LogP contribution in [0, 0.1) is 5.92 Å². The maximum absolute atomic E-state index is 12.8. The maximum Gasteiger partial charge on any atom is 0.229 e. The third-order valence-electron chi connectivity index (χ3n) is 5.19. The van der Waals surface area contributed by atoms with Gasteiger partial charge in [0.15, 0.2) is 0 Å². The Morgan fingerprint density at radius 2 is 1.92 bits per heavy atom. The second-order valence-electron chi connectivity index (χ2n) is 7.19. The smallest absolute Gasteiger partial charge is 0.229 e. The third kappa shape index (κ3) is 4.67. The van der Waals surface area contributed by atoms with E-state index in [9.17, 15) is 13.2 Å². The van der Waals surface area contributed by atoms with Crippen LogP contribution in [-0.4, -0.2) is 38.1 Å². The highest BCUT2D eigenvalue weighted by Gasteiger charge is 2.36. The van der Waals surface area contributed by atoms with Crippen LogP contribution in [0.15, 0.2) is 18.2 Å². The molecule has 0 bridgehead atoms. The fraction of sp³-hybridized carbons (Fsp3) is 0.611. The lowest BCUT2D eigenvalue weighted by Gasteiger charge is -2.31. The van der Waals surface area contributed by atoms with Crippen molar-refractivity contribution in [3.05, 3.63) is 28.8 Å². The molecule has 2 fully saturated rings. The molecule has 1 N–H and O–H groups in total. The average molecular weight is 385 g/mol. The number of nitrogens with one attached hydrogen (secondary N) is 1. The van der Waals surface area contributed by atoms with Crippen molar-refractivity contribution in [3.63, 3.8) is 0 Å². The summed E-state index contributed by atoms with van der Waals surface area (Å²) < 4.78 is 25.0. The van der Waals surface area contributed by atoms with Gasteiger partial charge in [-0.3, -0.25) is 9.52 Å². The SMILES string of the molecule is CS(=O)(=O)Nc1ccc(CC2CCN(C3CCCCC3)C2=O)c(Cl)c1. The van der Waals surface area contributed by atoms with Crippen LogP contribution in [0.5, 0.6) is 0 Å². The van der Waals surface area contributed by atoms with Crippen LogP contribution < -0.4 is 4.72 Å². The Morgan fingerprint density at radius 3 is 2.56 bits per heavy atom. The molecule has 1 saturated heterocycles. The zero-order chi connectivity index (χ0) is 18.0. The first kappa shape index (κ1) is 18.5. The van der Waals surface area contributed by atoms with E-state index < -0.39 is 10.0 Å². The van der Waals surface area contributed by atoms with Gasteiger partial charge in [-0.05, 0) is 43.4 Å². The largest absolute Gasteiger partial charge is 0.339 e. The molecule has 3 rings (SSSR count). The molecular formula is C18H25ClN2O3S. The van der Waals surface area contributed by atoms with Crippen LogP contribution in [-0.2, 0) is 21.2 Å². The molecule has 1 aromatic rings. The number of amides is 1. The number of anilines is 1. The molecule has 1 atom stereocenters. The third-order valence-corrected chi connectivity index (χ3v) is 6.15. The second-order valence-corrected chi connectivity index (χ2v) is 9.35. The molecule has 1 saturated carbocycles. The van der Waals surface area contributed by atoms with E-state index in [1.54, 1.807) is 12.1 Å². The van der Waals surface area contributed by atoms with Crippen molar-refractivity contribution in [2.45, 2.75) is 51.0 Å². The normalized spacial score (nSPS) is 22.4. The molecule has 0 aromatic heterocycles. The van der Waals surface area contributed by atoms with E-state index in [-0.39, 0.29) is 11.8 Å². The number of carbonyl (C=O) groups excluding carboxylic acids is 1. The van der Waals surface area contributed by atoms with Gasteiger partial charge >= 0.3 is 0 Å². The minimum Gasteiger partial charge on any atom is -0.339 e. The van der Waals surface area contributed by atoms with Crippen molar-refractivity contribution in [3.8, 4) is 0 Å². The Bertz CT molecular complexity index is 745. The van der Waals surface area contributed by atoms with Gasteiger partial charge in [-0.25, -0.2) is 8.42 Å². The molecule has 1 aliphatic heterocycles. The van der Waals surface area contributed by atoms with Crippen LogP contribution in [0.4, 0.5) is 5.69 Å². The van der Waals surface area contributed by atoms with E-state index in [0.717, 1.165) is 37.6 Å². The van der Waals surface area contributed by atoms with E-state index in [1.807, 2.05) is 6.07 Å². The Balaban J connectivity index is 1.65. The van der Waals surface area contributed by atoms with Crippen molar-refractivity contribution in [1.29, 1.82) is 0 Å². The lowest BCUT2D eigenvalue weighted by molar-refractivity contribution is -0.133. The summed E-state index contributed by atoms with van der Waals surface area (Å²) in [5.41, 5.74) is 1.34. The van der Waals surface area contributed by atoms with E-state index in [4.69, 9.17) is 11.6 Å². The van der Waals surface area contributed by atoms with Crippen molar-refractivity contribution in [1.82, 2.24) is 4.90 Å². The summed E-state index contributed by atoms with van der Waals surface area (Å²) in [7, 11) is -3.33. The van der Waals surface area contributed by atoms with Gasteiger partial charge in [0.2, 0.25) is 15.9 Å². The average Bonchev–Trinajstić information content (AvgIpc) is 2.90. The van der Waals surface area contributed by atoms with Gasteiger partial charge in [0, 0.05) is 29.2 Å². The number of nitrogens with zero attached hydrogens (tertiary/aromatic N) is 1. The minimum atomic E-state index is -3.33. The quantitative estimate of drug-likeness (QED) is 0.845. The number of halogens is 1. The van der Waals surface area contributed by atoms with Gasteiger partial charge in [-0.2, -0.15) is 0 Å². The van der Waals surface area contributed by atoms with Crippen molar-refractivity contribution >= 4 is 33.2 Å². The summed E-state index contributed by atoms with van der Waals surface area (Å²) in [4.78, 5) is 14.8. The topological polar surface area (TPSA) is 66.5 Å². The first-order valence-corrected chi connectivity index (χ1v) is 11.2. The van der Waals surface area contributed by atoms with Gasteiger partial charge in [0.25, 0.3) is 0 Å². The number of benzene rings is 1. The first-order valence-electron chi connectivity index (χ1n) is 8.90. The fourth-order valence-electron chi connectivity index (χ4n) is 3.96. The molecule has 1 aromatic carbocycles.